The molecule has 0 aromatic heterocycles. The second-order valence-corrected chi connectivity index (χ2v) is 5.81. The van der Waals surface area contributed by atoms with Crippen molar-refractivity contribution in [3.63, 3.8) is 0 Å². The molecule has 0 nitrogen and oxygen atoms in total. The maximum atomic E-state index is 3.29. The minimum absolute atomic E-state index is 0. The van der Waals surface area contributed by atoms with Gasteiger partial charge in [-0.2, -0.15) is 12.2 Å². The number of hydrogen-bond donors (Lipinski definition) is 0. The van der Waals surface area contributed by atoms with Gasteiger partial charge in [0.05, 0.1) is 0 Å². The summed E-state index contributed by atoms with van der Waals surface area (Å²) in [5, 5.41) is 0. The van der Waals surface area contributed by atoms with E-state index in [0.717, 1.165) is 24.7 Å². The van der Waals surface area contributed by atoms with Gasteiger partial charge in [0.1, 0.15) is 0 Å². The fourth-order valence-electron chi connectivity index (χ4n) is 2.06. The van der Waals surface area contributed by atoms with Crippen LogP contribution in [0.1, 0.15) is 53.4 Å². The van der Waals surface area contributed by atoms with E-state index in [9.17, 15) is 0 Å². The van der Waals surface area contributed by atoms with Gasteiger partial charge in [0.2, 0.25) is 0 Å². The number of hydrogen-bond acceptors (Lipinski definition) is 0. The van der Waals surface area contributed by atoms with Gasteiger partial charge in [-0.3, -0.25) is 12.2 Å². The van der Waals surface area contributed by atoms with Crippen LogP contribution in [0.15, 0.2) is 35.5 Å². The van der Waals surface area contributed by atoms with E-state index >= 15 is 0 Å². The molecule has 0 atom stereocenters. The molecule has 0 heterocycles. The Morgan fingerprint density at radius 2 is 1.14 bits per heavy atom. The van der Waals surface area contributed by atoms with Crippen LogP contribution in [0.25, 0.3) is 0 Å². The van der Waals surface area contributed by atoms with Crippen LogP contribution in [0.3, 0.4) is 0 Å². The molecule has 0 N–H and O–H groups in total. The Morgan fingerprint density at radius 3 is 1.33 bits per heavy atom. The fourth-order valence-corrected chi connectivity index (χ4v) is 2.06. The van der Waals surface area contributed by atoms with Gasteiger partial charge in [-0.1, -0.05) is 40.5 Å². The molecule has 21 heavy (non-hydrogen) atoms. The van der Waals surface area contributed by atoms with Crippen LogP contribution in [0.4, 0.5) is 0 Å². The van der Waals surface area contributed by atoms with Crippen LogP contribution in [0.5, 0.6) is 0 Å². The van der Waals surface area contributed by atoms with Crippen molar-refractivity contribution in [2.75, 3.05) is 0 Å². The van der Waals surface area contributed by atoms with Crippen molar-refractivity contribution in [1.82, 2.24) is 0 Å². The van der Waals surface area contributed by atoms with Gasteiger partial charge in [-0.25, -0.2) is 23.3 Å². The molecule has 0 spiro atoms. The summed E-state index contributed by atoms with van der Waals surface area (Å²) >= 11 is 0. The van der Waals surface area contributed by atoms with Gasteiger partial charge >= 0.3 is 26.2 Å². The predicted octanol–water partition coefficient (Wildman–Crippen LogP) is -0.551. The van der Waals surface area contributed by atoms with Crippen LogP contribution < -0.4 is 48.0 Å². The smallest absolute Gasteiger partial charge is 1.00 e. The summed E-state index contributed by atoms with van der Waals surface area (Å²) < 4.78 is 0. The monoisotopic (exact) mass is 586 g/mol. The Balaban J connectivity index is -0.000000270. The van der Waals surface area contributed by atoms with Crippen molar-refractivity contribution in [2.24, 2.45) is 11.8 Å². The molecule has 0 saturated heterocycles. The topological polar surface area (TPSA) is 0 Å². The second-order valence-electron chi connectivity index (χ2n) is 5.81. The Kier molecular flexibility index (Phi) is 20.9. The van der Waals surface area contributed by atoms with E-state index in [1.54, 1.807) is 0 Å². The van der Waals surface area contributed by atoms with Gasteiger partial charge in [0.15, 0.2) is 0 Å². The molecule has 2 aliphatic rings. The zero-order chi connectivity index (χ0) is 13.4. The van der Waals surface area contributed by atoms with Crippen LogP contribution in [0, 0.1) is 24.0 Å². The molecular formula is C18H26I2Zr. The molecule has 0 unspecified atom stereocenters. The van der Waals surface area contributed by atoms with Crippen molar-refractivity contribution in [2.45, 2.75) is 53.4 Å². The number of allylic oxidation sites excluding steroid dienone is 8. The first-order valence-corrected chi connectivity index (χ1v) is 7.10. The van der Waals surface area contributed by atoms with Crippen molar-refractivity contribution < 1.29 is 74.2 Å². The van der Waals surface area contributed by atoms with Crippen LogP contribution >= 0.6 is 0 Å². The summed E-state index contributed by atoms with van der Waals surface area (Å²) in [6, 6.07) is 0. The Labute approximate surface area is 185 Å². The third-order valence-electron chi connectivity index (χ3n) is 2.79. The average molecular weight is 587 g/mol. The van der Waals surface area contributed by atoms with Crippen LogP contribution in [-0.4, -0.2) is 0 Å². The Bertz CT molecular complexity index is 327. The molecule has 0 amide bonds. The van der Waals surface area contributed by atoms with Crippen LogP contribution in [-0.2, 0) is 26.2 Å². The molecule has 0 bridgehead atoms. The third-order valence-corrected chi connectivity index (χ3v) is 2.79. The third kappa shape index (κ3) is 14.6. The average Bonchev–Trinajstić information content (AvgIpc) is 2.90. The van der Waals surface area contributed by atoms with Gasteiger partial charge in [-0.05, 0) is 11.8 Å². The SMILES string of the molecule is CC(C)CC1=[C-]CC=C1.CC(C)CC1=[C-]CC=C1.[I-].[I-].[Zr+4]. The minimum Gasteiger partial charge on any atom is -1.00 e. The fraction of sp³-hybridized carbons (Fsp3) is 0.556. The summed E-state index contributed by atoms with van der Waals surface area (Å²) in [5.74, 6) is 1.55. The quantitative estimate of drug-likeness (QED) is 0.306. The maximum Gasteiger partial charge on any atom is 4.00 e. The standard InChI is InChI=1S/2C9H13.2HI.Zr/c2*1-8(2)7-9-5-3-4-6-9;;;/h2*3,5,8H,4,7H2,1-2H3;2*1H;/q2*-1;;;+4/p-2. The van der Waals surface area contributed by atoms with Crippen molar-refractivity contribution >= 4 is 0 Å². The molecule has 0 aromatic rings. The zero-order valence-corrected chi connectivity index (χ0v) is 20.3. The Morgan fingerprint density at radius 1 is 0.810 bits per heavy atom. The molecule has 0 aromatic carbocycles. The van der Waals surface area contributed by atoms with E-state index in [1.165, 1.54) is 24.0 Å². The number of rotatable bonds is 4. The van der Waals surface area contributed by atoms with Crippen molar-refractivity contribution in [3.05, 3.63) is 47.6 Å². The summed E-state index contributed by atoms with van der Waals surface area (Å²) in [4.78, 5) is 0. The summed E-state index contributed by atoms with van der Waals surface area (Å²) in [7, 11) is 0. The van der Waals surface area contributed by atoms with Crippen LogP contribution in [0.2, 0.25) is 0 Å². The maximum absolute atomic E-state index is 3.29. The molecule has 2 aliphatic carbocycles. The molecule has 0 radical (unpaired) electrons. The van der Waals surface area contributed by atoms with E-state index in [0.29, 0.717) is 0 Å². The van der Waals surface area contributed by atoms with E-state index in [2.05, 4.69) is 64.2 Å². The first-order chi connectivity index (χ1) is 8.58. The van der Waals surface area contributed by atoms with E-state index in [4.69, 9.17) is 0 Å². The molecule has 3 heteroatoms. The predicted molar refractivity (Wildman–Crippen MR) is 79.9 cm³/mol. The molecular weight excluding hydrogens is 561 g/mol. The first kappa shape index (κ1) is 27.2. The largest absolute Gasteiger partial charge is 4.00 e. The van der Waals surface area contributed by atoms with Crippen molar-refractivity contribution in [1.29, 1.82) is 0 Å². The summed E-state index contributed by atoms with van der Waals surface area (Å²) in [6.07, 6.45) is 19.7. The summed E-state index contributed by atoms with van der Waals surface area (Å²) in [5.41, 5.74) is 2.79. The molecule has 116 valence electrons. The molecule has 0 saturated carbocycles. The molecule has 0 fully saturated rings. The minimum atomic E-state index is 0. The van der Waals surface area contributed by atoms with E-state index in [-0.39, 0.29) is 74.2 Å². The van der Waals surface area contributed by atoms with E-state index in [1.807, 2.05) is 0 Å². The zero-order valence-electron chi connectivity index (χ0n) is 13.5. The van der Waals surface area contributed by atoms with Gasteiger partial charge in [-0.15, -0.1) is 12.8 Å². The summed E-state index contributed by atoms with van der Waals surface area (Å²) in [6.45, 7) is 8.95. The van der Waals surface area contributed by atoms with Gasteiger partial charge in [0, 0.05) is 0 Å². The van der Waals surface area contributed by atoms with Gasteiger partial charge in [0.25, 0.3) is 0 Å². The molecule has 0 aliphatic heterocycles. The number of halogens is 2. The van der Waals surface area contributed by atoms with E-state index < -0.39 is 0 Å². The normalized spacial score (nSPS) is 14.6. The van der Waals surface area contributed by atoms with Gasteiger partial charge < -0.3 is 48.0 Å². The Hall–Kier alpha value is 1.30. The van der Waals surface area contributed by atoms with Crippen molar-refractivity contribution in [3.8, 4) is 0 Å². The molecule has 2 rings (SSSR count). The second kappa shape index (κ2) is 16.2. The first-order valence-electron chi connectivity index (χ1n) is 7.10.